The molecule has 0 aliphatic carbocycles. The summed E-state index contributed by atoms with van der Waals surface area (Å²) < 4.78 is 0. The largest absolute Gasteiger partial charge is 0.481 e. The van der Waals surface area contributed by atoms with E-state index in [0.717, 1.165) is 0 Å². The first-order valence-electron chi connectivity index (χ1n) is 6.94. The van der Waals surface area contributed by atoms with E-state index < -0.39 is 11.9 Å². The molecule has 0 saturated carbocycles. The smallest absolute Gasteiger partial charge is 0.317 e. The molecule has 0 heterocycles. The van der Waals surface area contributed by atoms with Crippen LogP contribution in [0.1, 0.15) is 33.6 Å². The van der Waals surface area contributed by atoms with Gasteiger partial charge in [0.05, 0.1) is 5.92 Å². The van der Waals surface area contributed by atoms with E-state index in [-0.39, 0.29) is 18.5 Å². The third kappa shape index (κ3) is 7.60. The van der Waals surface area contributed by atoms with Crippen LogP contribution in [0.4, 0.5) is 4.79 Å². The van der Waals surface area contributed by atoms with Crippen LogP contribution in [0.3, 0.4) is 0 Å². The highest BCUT2D eigenvalue weighted by Gasteiger charge is 2.15. The van der Waals surface area contributed by atoms with Gasteiger partial charge in [0.1, 0.15) is 6.54 Å². The van der Waals surface area contributed by atoms with Crippen molar-refractivity contribution in [3.05, 3.63) is 0 Å². The van der Waals surface area contributed by atoms with Gasteiger partial charge in [-0.2, -0.15) is 0 Å². The number of rotatable bonds is 9. The van der Waals surface area contributed by atoms with Crippen molar-refractivity contribution in [2.45, 2.75) is 33.6 Å². The highest BCUT2D eigenvalue weighted by molar-refractivity contribution is 5.83. The van der Waals surface area contributed by atoms with Gasteiger partial charge in [0.15, 0.2) is 0 Å². The molecule has 0 spiro atoms. The molecule has 0 bridgehead atoms. The molecule has 3 N–H and O–H groups in total. The van der Waals surface area contributed by atoms with Crippen LogP contribution in [0, 0.1) is 5.92 Å². The first-order chi connectivity index (χ1) is 9.42. The number of aliphatic carboxylic acids is 1. The number of carboxylic acids is 1. The molecule has 0 rings (SSSR count). The van der Waals surface area contributed by atoms with Crippen molar-refractivity contribution in [1.29, 1.82) is 0 Å². The number of hydrogen-bond acceptors (Lipinski definition) is 3. The minimum absolute atomic E-state index is 0.0295. The normalized spacial score (nSPS) is 11.6. The molecule has 20 heavy (non-hydrogen) atoms. The summed E-state index contributed by atoms with van der Waals surface area (Å²) in [5, 5.41) is 14.0. The first kappa shape index (κ1) is 18.2. The summed E-state index contributed by atoms with van der Waals surface area (Å²) in [5.74, 6) is -1.43. The van der Waals surface area contributed by atoms with Crippen molar-refractivity contribution in [3.8, 4) is 0 Å². The van der Waals surface area contributed by atoms with Gasteiger partial charge in [0, 0.05) is 19.6 Å². The van der Waals surface area contributed by atoms with Gasteiger partial charge in [0.25, 0.3) is 0 Å². The van der Waals surface area contributed by atoms with Crippen LogP contribution in [0.5, 0.6) is 0 Å². The topological polar surface area (TPSA) is 98.7 Å². The number of nitrogens with zero attached hydrogens (tertiary/aromatic N) is 1. The van der Waals surface area contributed by atoms with E-state index in [9.17, 15) is 14.4 Å². The minimum atomic E-state index is -0.831. The number of urea groups is 1. The van der Waals surface area contributed by atoms with Crippen molar-refractivity contribution >= 4 is 17.9 Å². The molecule has 0 aliphatic heterocycles. The van der Waals surface area contributed by atoms with E-state index in [1.54, 1.807) is 13.8 Å². The van der Waals surface area contributed by atoms with Crippen LogP contribution >= 0.6 is 0 Å². The SMILES string of the molecule is CCNC(=O)CN(CC)C(=O)NCCCC(C)C(=O)O. The van der Waals surface area contributed by atoms with E-state index >= 15 is 0 Å². The number of likely N-dealkylation sites (N-methyl/N-ethyl adjacent to an activating group) is 2. The molecular formula is C13H25N3O4. The molecular weight excluding hydrogens is 262 g/mol. The van der Waals surface area contributed by atoms with Crippen LogP contribution < -0.4 is 10.6 Å². The molecule has 0 aromatic carbocycles. The predicted octanol–water partition coefficient (Wildman–Crippen LogP) is 0.655. The van der Waals surface area contributed by atoms with Crippen LogP contribution in [0.2, 0.25) is 0 Å². The maximum absolute atomic E-state index is 11.8. The van der Waals surface area contributed by atoms with Crippen molar-refractivity contribution in [2.75, 3.05) is 26.2 Å². The Morgan fingerprint density at radius 2 is 1.85 bits per heavy atom. The van der Waals surface area contributed by atoms with Gasteiger partial charge in [-0.3, -0.25) is 9.59 Å². The Morgan fingerprint density at radius 1 is 1.20 bits per heavy atom. The average Bonchev–Trinajstić information content (AvgIpc) is 2.40. The molecule has 1 unspecified atom stereocenters. The molecule has 0 saturated heterocycles. The van der Waals surface area contributed by atoms with Gasteiger partial charge in [-0.05, 0) is 26.7 Å². The zero-order valence-electron chi connectivity index (χ0n) is 12.4. The van der Waals surface area contributed by atoms with Crippen LogP contribution in [-0.4, -0.2) is 54.1 Å². The number of hydrogen-bond donors (Lipinski definition) is 3. The molecule has 7 nitrogen and oxygen atoms in total. The fourth-order valence-electron chi connectivity index (χ4n) is 1.59. The zero-order chi connectivity index (χ0) is 15.5. The predicted molar refractivity (Wildman–Crippen MR) is 75.4 cm³/mol. The second-order valence-corrected chi connectivity index (χ2v) is 4.58. The Balaban J connectivity index is 3.98. The summed E-state index contributed by atoms with van der Waals surface area (Å²) in [7, 11) is 0. The maximum Gasteiger partial charge on any atom is 0.317 e. The maximum atomic E-state index is 11.8. The third-order valence-electron chi connectivity index (χ3n) is 2.89. The first-order valence-corrected chi connectivity index (χ1v) is 6.94. The fourth-order valence-corrected chi connectivity index (χ4v) is 1.59. The van der Waals surface area contributed by atoms with Crippen LogP contribution in [0.25, 0.3) is 0 Å². The average molecular weight is 287 g/mol. The third-order valence-corrected chi connectivity index (χ3v) is 2.89. The van der Waals surface area contributed by atoms with E-state index in [1.807, 2.05) is 6.92 Å². The van der Waals surface area contributed by atoms with Crippen molar-refractivity contribution < 1.29 is 19.5 Å². The number of carbonyl (C=O) groups is 3. The second kappa shape index (κ2) is 10.1. The van der Waals surface area contributed by atoms with E-state index in [2.05, 4.69) is 10.6 Å². The summed E-state index contributed by atoms with van der Waals surface area (Å²) in [4.78, 5) is 35.3. The quantitative estimate of drug-likeness (QED) is 0.542. The highest BCUT2D eigenvalue weighted by atomic mass is 16.4. The number of carboxylic acid groups (broad SMARTS) is 1. The van der Waals surface area contributed by atoms with Gasteiger partial charge < -0.3 is 20.6 Å². The fraction of sp³-hybridized carbons (Fsp3) is 0.769. The Kier molecular flexibility index (Phi) is 9.15. The highest BCUT2D eigenvalue weighted by Crippen LogP contribution is 2.04. The van der Waals surface area contributed by atoms with Crippen molar-refractivity contribution in [2.24, 2.45) is 5.92 Å². The summed E-state index contributed by atoms with van der Waals surface area (Å²) >= 11 is 0. The molecule has 0 aromatic rings. The van der Waals surface area contributed by atoms with Gasteiger partial charge in [-0.1, -0.05) is 6.92 Å². The Labute approximate surface area is 119 Å². The summed E-state index contributed by atoms with van der Waals surface area (Å²) in [5.41, 5.74) is 0. The standard InChI is InChI=1S/C13H25N3O4/c1-4-14-11(17)9-16(5-2)13(20)15-8-6-7-10(3)12(18)19/h10H,4-9H2,1-3H3,(H,14,17)(H,15,20)(H,18,19). The molecule has 7 heteroatoms. The number of amides is 3. The van der Waals surface area contributed by atoms with E-state index in [0.29, 0.717) is 32.5 Å². The van der Waals surface area contributed by atoms with Gasteiger partial charge >= 0.3 is 12.0 Å². The molecule has 0 aliphatic rings. The molecule has 1 atom stereocenters. The van der Waals surface area contributed by atoms with Crippen LogP contribution in [-0.2, 0) is 9.59 Å². The van der Waals surface area contributed by atoms with E-state index in [1.165, 1.54) is 4.90 Å². The Bertz CT molecular complexity index is 334. The van der Waals surface area contributed by atoms with Gasteiger partial charge in [-0.25, -0.2) is 4.79 Å². The van der Waals surface area contributed by atoms with E-state index in [4.69, 9.17) is 5.11 Å². The van der Waals surface area contributed by atoms with Gasteiger partial charge in [-0.15, -0.1) is 0 Å². The zero-order valence-corrected chi connectivity index (χ0v) is 12.4. The number of carbonyl (C=O) groups excluding carboxylic acids is 2. The van der Waals surface area contributed by atoms with Crippen LogP contribution in [0.15, 0.2) is 0 Å². The van der Waals surface area contributed by atoms with Crippen molar-refractivity contribution in [3.63, 3.8) is 0 Å². The molecule has 116 valence electrons. The van der Waals surface area contributed by atoms with Crippen molar-refractivity contribution in [1.82, 2.24) is 15.5 Å². The molecule has 0 radical (unpaired) electrons. The lowest BCUT2D eigenvalue weighted by Gasteiger charge is -2.20. The Morgan fingerprint density at radius 3 is 2.35 bits per heavy atom. The minimum Gasteiger partial charge on any atom is -0.481 e. The molecule has 3 amide bonds. The lowest BCUT2D eigenvalue weighted by molar-refractivity contribution is -0.141. The summed E-state index contributed by atoms with van der Waals surface area (Å²) in [6, 6.07) is -0.304. The second-order valence-electron chi connectivity index (χ2n) is 4.58. The Hall–Kier alpha value is -1.79. The number of nitrogens with one attached hydrogen (secondary N) is 2. The lowest BCUT2D eigenvalue weighted by Crippen LogP contribution is -2.45. The van der Waals surface area contributed by atoms with Gasteiger partial charge in [0.2, 0.25) is 5.91 Å². The molecule has 0 fully saturated rings. The summed E-state index contributed by atoms with van der Waals surface area (Å²) in [6.45, 7) is 6.66. The summed E-state index contributed by atoms with van der Waals surface area (Å²) in [6.07, 6.45) is 1.11. The monoisotopic (exact) mass is 287 g/mol. The lowest BCUT2D eigenvalue weighted by atomic mass is 10.1. The molecule has 0 aromatic heterocycles.